The Morgan fingerprint density at radius 2 is 2.10 bits per heavy atom. The summed E-state index contributed by atoms with van der Waals surface area (Å²) >= 11 is 1.57. The van der Waals surface area contributed by atoms with Crippen LogP contribution in [0.5, 0.6) is 0 Å². The second kappa shape index (κ2) is 7.50. The molecule has 21 heavy (non-hydrogen) atoms. The molecule has 114 valence electrons. The van der Waals surface area contributed by atoms with Gasteiger partial charge < -0.3 is 9.80 Å². The maximum absolute atomic E-state index is 12.6. The van der Waals surface area contributed by atoms with E-state index in [2.05, 4.69) is 13.8 Å². The molecule has 1 fully saturated rings. The molecule has 0 saturated carbocycles. The molecule has 1 atom stereocenters. The van der Waals surface area contributed by atoms with Crippen molar-refractivity contribution in [2.24, 2.45) is 0 Å². The lowest BCUT2D eigenvalue weighted by Gasteiger charge is -2.30. The van der Waals surface area contributed by atoms with Crippen molar-refractivity contribution in [1.82, 2.24) is 9.80 Å². The van der Waals surface area contributed by atoms with Gasteiger partial charge in [-0.2, -0.15) is 0 Å². The summed E-state index contributed by atoms with van der Waals surface area (Å²) in [5.41, 5.74) is 1.12. The van der Waals surface area contributed by atoms with Crippen molar-refractivity contribution in [1.29, 1.82) is 0 Å². The lowest BCUT2D eigenvalue weighted by molar-refractivity contribution is -0.139. The van der Waals surface area contributed by atoms with Gasteiger partial charge in [-0.15, -0.1) is 11.8 Å². The van der Waals surface area contributed by atoms with Gasteiger partial charge in [0, 0.05) is 12.6 Å². The molecule has 1 heterocycles. The van der Waals surface area contributed by atoms with Gasteiger partial charge >= 0.3 is 0 Å². The van der Waals surface area contributed by atoms with Crippen LogP contribution in [0.25, 0.3) is 0 Å². The first kappa shape index (κ1) is 15.9. The standard InChI is InChI=1S/C16H22N2O2S/c1-3-13(2)18(9-14-7-5-4-6-8-14)15(19)10-17-12-21-11-16(17)20/h4-8,13H,3,9-12H2,1-2H3. The third-order valence-electron chi connectivity index (χ3n) is 3.79. The fourth-order valence-corrected chi connectivity index (χ4v) is 3.19. The van der Waals surface area contributed by atoms with Gasteiger partial charge in [0.05, 0.1) is 11.6 Å². The van der Waals surface area contributed by atoms with E-state index in [9.17, 15) is 9.59 Å². The number of rotatable bonds is 6. The molecule has 2 amide bonds. The highest BCUT2D eigenvalue weighted by Gasteiger charge is 2.27. The van der Waals surface area contributed by atoms with Crippen molar-refractivity contribution in [3.63, 3.8) is 0 Å². The van der Waals surface area contributed by atoms with Crippen LogP contribution in [0, 0.1) is 0 Å². The molecule has 1 aromatic rings. The summed E-state index contributed by atoms with van der Waals surface area (Å²) in [6.07, 6.45) is 0.904. The molecule has 4 nitrogen and oxygen atoms in total. The summed E-state index contributed by atoms with van der Waals surface area (Å²) in [6, 6.07) is 10.2. The summed E-state index contributed by atoms with van der Waals surface area (Å²) in [4.78, 5) is 27.8. The Kier molecular flexibility index (Phi) is 5.67. The number of carbonyl (C=O) groups excluding carboxylic acids is 2. The summed E-state index contributed by atoms with van der Waals surface area (Å²) in [6.45, 7) is 4.93. The van der Waals surface area contributed by atoms with E-state index >= 15 is 0 Å². The van der Waals surface area contributed by atoms with Crippen LogP contribution in [0.2, 0.25) is 0 Å². The van der Waals surface area contributed by atoms with E-state index in [1.165, 1.54) is 0 Å². The molecule has 0 aliphatic carbocycles. The van der Waals surface area contributed by atoms with Crippen LogP contribution in [0.3, 0.4) is 0 Å². The molecule has 5 heteroatoms. The van der Waals surface area contributed by atoms with Crippen molar-refractivity contribution in [2.75, 3.05) is 18.2 Å². The summed E-state index contributed by atoms with van der Waals surface area (Å²) in [5, 5.41) is 0. The van der Waals surface area contributed by atoms with E-state index in [4.69, 9.17) is 0 Å². The third kappa shape index (κ3) is 4.24. The largest absolute Gasteiger partial charge is 0.334 e. The molecule has 0 bridgehead atoms. The Morgan fingerprint density at radius 3 is 2.67 bits per heavy atom. The summed E-state index contributed by atoms with van der Waals surface area (Å²) in [7, 11) is 0. The third-order valence-corrected chi connectivity index (χ3v) is 4.74. The van der Waals surface area contributed by atoms with Crippen molar-refractivity contribution in [3.8, 4) is 0 Å². The normalized spacial score (nSPS) is 16.1. The maximum atomic E-state index is 12.6. The molecule has 0 spiro atoms. The van der Waals surface area contributed by atoms with E-state index < -0.39 is 0 Å². The van der Waals surface area contributed by atoms with Crippen molar-refractivity contribution >= 4 is 23.6 Å². The molecular weight excluding hydrogens is 284 g/mol. The van der Waals surface area contributed by atoms with Crippen molar-refractivity contribution in [2.45, 2.75) is 32.9 Å². The zero-order valence-corrected chi connectivity index (χ0v) is 13.4. The second-order valence-electron chi connectivity index (χ2n) is 5.33. The number of benzene rings is 1. The minimum atomic E-state index is 0.0315. The summed E-state index contributed by atoms with van der Waals surface area (Å²) in [5.74, 6) is 1.22. The topological polar surface area (TPSA) is 40.6 Å². The fourth-order valence-electron chi connectivity index (χ4n) is 2.28. The molecule has 0 radical (unpaired) electrons. The Balaban J connectivity index is 2.04. The van der Waals surface area contributed by atoms with Crippen LogP contribution in [-0.2, 0) is 16.1 Å². The average molecular weight is 306 g/mol. The first-order valence-corrected chi connectivity index (χ1v) is 8.46. The van der Waals surface area contributed by atoms with Crippen molar-refractivity contribution in [3.05, 3.63) is 35.9 Å². The lowest BCUT2D eigenvalue weighted by atomic mass is 10.1. The molecule has 2 rings (SSSR count). The molecule has 1 aliphatic rings. The molecule has 1 aromatic carbocycles. The van der Waals surface area contributed by atoms with Crippen LogP contribution < -0.4 is 0 Å². The molecular formula is C16H22N2O2S. The van der Waals surface area contributed by atoms with E-state index in [1.807, 2.05) is 35.2 Å². The first-order valence-electron chi connectivity index (χ1n) is 7.30. The van der Waals surface area contributed by atoms with Gasteiger partial charge in [0.15, 0.2) is 0 Å². The monoisotopic (exact) mass is 306 g/mol. The number of carbonyl (C=O) groups is 2. The van der Waals surface area contributed by atoms with E-state index in [0.717, 1.165) is 12.0 Å². The molecule has 1 aliphatic heterocycles. The first-order chi connectivity index (χ1) is 10.1. The van der Waals surface area contributed by atoms with Gasteiger partial charge in [-0.05, 0) is 18.9 Å². The van der Waals surface area contributed by atoms with E-state index in [-0.39, 0.29) is 24.4 Å². The lowest BCUT2D eigenvalue weighted by Crippen LogP contribution is -2.44. The van der Waals surface area contributed by atoms with Gasteiger partial charge in [0.25, 0.3) is 0 Å². The summed E-state index contributed by atoms with van der Waals surface area (Å²) < 4.78 is 0. The van der Waals surface area contributed by atoms with E-state index in [1.54, 1.807) is 16.7 Å². The quantitative estimate of drug-likeness (QED) is 0.810. The highest BCUT2D eigenvalue weighted by Crippen LogP contribution is 2.17. The average Bonchev–Trinajstić information content (AvgIpc) is 2.90. The second-order valence-corrected chi connectivity index (χ2v) is 6.29. The van der Waals surface area contributed by atoms with Gasteiger partial charge in [-0.1, -0.05) is 37.3 Å². The zero-order chi connectivity index (χ0) is 15.2. The molecule has 1 unspecified atom stereocenters. The highest BCUT2D eigenvalue weighted by atomic mass is 32.2. The number of thioether (sulfide) groups is 1. The van der Waals surface area contributed by atoms with E-state index in [0.29, 0.717) is 18.2 Å². The highest BCUT2D eigenvalue weighted by molar-refractivity contribution is 8.00. The van der Waals surface area contributed by atoms with Gasteiger partial charge in [0.2, 0.25) is 11.8 Å². The smallest absolute Gasteiger partial charge is 0.242 e. The zero-order valence-electron chi connectivity index (χ0n) is 12.6. The van der Waals surface area contributed by atoms with Crippen LogP contribution in [0.15, 0.2) is 30.3 Å². The van der Waals surface area contributed by atoms with Crippen molar-refractivity contribution < 1.29 is 9.59 Å². The number of amides is 2. The Labute approximate surface area is 130 Å². The molecule has 1 saturated heterocycles. The Morgan fingerprint density at radius 1 is 1.38 bits per heavy atom. The molecule has 0 N–H and O–H groups in total. The van der Waals surface area contributed by atoms with Crippen LogP contribution in [0.1, 0.15) is 25.8 Å². The minimum Gasteiger partial charge on any atom is -0.334 e. The van der Waals surface area contributed by atoms with Crippen LogP contribution in [0.4, 0.5) is 0 Å². The molecule has 0 aromatic heterocycles. The van der Waals surface area contributed by atoms with Crippen LogP contribution in [-0.4, -0.2) is 45.8 Å². The Bertz CT molecular complexity index is 492. The fraction of sp³-hybridized carbons (Fsp3) is 0.500. The minimum absolute atomic E-state index is 0.0315. The predicted octanol–water partition coefficient (Wildman–Crippen LogP) is 2.35. The SMILES string of the molecule is CCC(C)N(Cc1ccccc1)C(=O)CN1CSCC1=O. The van der Waals surface area contributed by atoms with Gasteiger partial charge in [-0.25, -0.2) is 0 Å². The van der Waals surface area contributed by atoms with Crippen LogP contribution >= 0.6 is 11.8 Å². The maximum Gasteiger partial charge on any atom is 0.242 e. The Hall–Kier alpha value is -1.49. The predicted molar refractivity (Wildman–Crippen MR) is 85.8 cm³/mol. The number of hydrogen-bond acceptors (Lipinski definition) is 3. The van der Waals surface area contributed by atoms with Gasteiger partial charge in [0.1, 0.15) is 6.54 Å². The number of hydrogen-bond donors (Lipinski definition) is 0. The number of nitrogens with zero attached hydrogens (tertiary/aromatic N) is 2. The van der Waals surface area contributed by atoms with Gasteiger partial charge in [-0.3, -0.25) is 9.59 Å².